The Labute approximate surface area is 207 Å². The Morgan fingerprint density at radius 2 is 1.46 bits per heavy atom. The minimum Gasteiger partial charge on any atom is -0.478 e. The molecule has 35 heavy (non-hydrogen) atoms. The van der Waals surface area contributed by atoms with Gasteiger partial charge in [0.05, 0.1) is 10.5 Å². The smallest absolute Gasteiger partial charge is 0.338 e. The molecule has 0 aliphatic heterocycles. The predicted octanol–water partition coefficient (Wildman–Crippen LogP) is 4.98. The van der Waals surface area contributed by atoms with Crippen LogP contribution in [0.2, 0.25) is 0 Å². The summed E-state index contributed by atoms with van der Waals surface area (Å²) in [5, 5.41) is 8.86. The Kier molecular flexibility index (Phi) is 10.6. The Bertz CT molecular complexity index is 1060. The van der Waals surface area contributed by atoms with Gasteiger partial charge in [0.15, 0.2) is 0 Å². The van der Waals surface area contributed by atoms with Gasteiger partial charge in [-0.15, -0.1) is 0 Å². The summed E-state index contributed by atoms with van der Waals surface area (Å²) in [4.78, 5) is 30.0. The van der Waals surface area contributed by atoms with E-state index in [2.05, 4.69) is 14.7 Å². The lowest BCUT2D eigenvalue weighted by Crippen LogP contribution is -2.23. The molecule has 9 nitrogen and oxygen atoms in total. The molecule has 0 bridgehead atoms. The van der Waals surface area contributed by atoms with Crippen LogP contribution in [0.15, 0.2) is 41.6 Å². The minimum atomic E-state index is -3.87. The van der Waals surface area contributed by atoms with E-state index in [0.29, 0.717) is 6.42 Å². The highest BCUT2D eigenvalue weighted by Crippen LogP contribution is 2.17. The molecule has 0 saturated heterocycles. The minimum absolute atomic E-state index is 0.0820. The van der Waals surface area contributed by atoms with Crippen LogP contribution in [0.4, 0.5) is 5.95 Å². The highest BCUT2D eigenvalue weighted by atomic mass is 32.2. The Balaban J connectivity index is 1.64. The van der Waals surface area contributed by atoms with E-state index < -0.39 is 21.6 Å². The standard InChI is InChI=1S/C25H35N3O6S/c1-25(2,3)34-22(29)12-10-8-6-4-5-7-9-11-19-13-15-21(16-14-19)35(32,33)28-24-26-17-20(18-27-24)23(30)31/h13-18H,4-12H2,1-3H3,(H,30,31)(H,26,27,28). The summed E-state index contributed by atoms with van der Waals surface area (Å²) in [7, 11) is -3.87. The lowest BCUT2D eigenvalue weighted by Gasteiger charge is -2.19. The van der Waals surface area contributed by atoms with Gasteiger partial charge < -0.3 is 9.84 Å². The number of aromatic carboxylic acids is 1. The maximum atomic E-state index is 12.5. The van der Waals surface area contributed by atoms with Gasteiger partial charge in [-0.2, -0.15) is 0 Å². The van der Waals surface area contributed by atoms with E-state index in [4.69, 9.17) is 9.84 Å². The first kappa shape index (κ1) is 28.2. The van der Waals surface area contributed by atoms with Gasteiger partial charge in [-0.3, -0.25) is 4.79 Å². The first-order valence-electron chi connectivity index (χ1n) is 11.9. The SMILES string of the molecule is CC(C)(C)OC(=O)CCCCCCCCCc1ccc(S(=O)(=O)Nc2ncc(C(=O)O)cn2)cc1. The van der Waals surface area contributed by atoms with Crippen LogP contribution in [0, 0.1) is 0 Å². The molecule has 1 heterocycles. The van der Waals surface area contributed by atoms with Crippen molar-refractivity contribution in [1.82, 2.24) is 9.97 Å². The number of rotatable bonds is 14. The van der Waals surface area contributed by atoms with Crippen molar-refractivity contribution >= 4 is 27.9 Å². The largest absolute Gasteiger partial charge is 0.478 e. The van der Waals surface area contributed by atoms with Crippen LogP contribution < -0.4 is 4.72 Å². The number of benzene rings is 1. The molecule has 0 spiro atoms. The molecule has 10 heteroatoms. The maximum Gasteiger partial charge on any atom is 0.338 e. The van der Waals surface area contributed by atoms with Gasteiger partial charge in [0.2, 0.25) is 5.95 Å². The number of aromatic nitrogens is 2. The number of anilines is 1. The molecular weight excluding hydrogens is 470 g/mol. The zero-order valence-corrected chi connectivity index (χ0v) is 21.4. The van der Waals surface area contributed by atoms with Gasteiger partial charge in [-0.25, -0.2) is 27.9 Å². The fourth-order valence-electron chi connectivity index (χ4n) is 3.38. The first-order chi connectivity index (χ1) is 16.5. The topological polar surface area (TPSA) is 136 Å². The van der Waals surface area contributed by atoms with Crippen molar-refractivity contribution in [3.63, 3.8) is 0 Å². The Morgan fingerprint density at radius 1 is 0.914 bits per heavy atom. The third-order valence-electron chi connectivity index (χ3n) is 5.12. The van der Waals surface area contributed by atoms with E-state index in [1.165, 1.54) is 12.1 Å². The van der Waals surface area contributed by atoms with Gasteiger partial charge in [0.1, 0.15) is 5.60 Å². The van der Waals surface area contributed by atoms with Crippen LogP contribution in [-0.2, 0) is 26.0 Å². The number of hydrogen-bond acceptors (Lipinski definition) is 7. The average molecular weight is 506 g/mol. The lowest BCUT2D eigenvalue weighted by atomic mass is 10.0. The average Bonchev–Trinajstić information content (AvgIpc) is 2.77. The quantitative estimate of drug-likeness (QED) is 0.271. The summed E-state index contributed by atoms with van der Waals surface area (Å²) < 4.78 is 32.6. The normalized spacial score (nSPS) is 11.7. The van der Waals surface area contributed by atoms with Crippen molar-refractivity contribution in [3.05, 3.63) is 47.8 Å². The molecule has 0 saturated carbocycles. The van der Waals surface area contributed by atoms with Crippen LogP contribution in [0.5, 0.6) is 0 Å². The second-order valence-corrected chi connectivity index (χ2v) is 11.1. The van der Waals surface area contributed by atoms with Crippen LogP contribution >= 0.6 is 0 Å². The summed E-state index contributed by atoms with van der Waals surface area (Å²) in [5.74, 6) is -1.51. The fraction of sp³-hybridized carbons (Fsp3) is 0.520. The molecule has 1 aromatic carbocycles. The number of nitrogens with zero attached hydrogens (tertiary/aromatic N) is 2. The van der Waals surface area contributed by atoms with E-state index in [0.717, 1.165) is 69.3 Å². The second kappa shape index (κ2) is 13.2. The number of ether oxygens (including phenoxy) is 1. The molecule has 0 amide bonds. The van der Waals surface area contributed by atoms with Crippen molar-refractivity contribution in [2.24, 2.45) is 0 Å². The highest BCUT2D eigenvalue weighted by Gasteiger charge is 2.17. The molecule has 0 atom stereocenters. The number of aryl methyl sites for hydroxylation is 1. The van der Waals surface area contributed by atoms with Crippen molar-refractivity contribution < 1.29 is 27.9 Å². The molecule has 2 N–H and O–H groups in total. The molecule has 192 valence electrons. The molecule has 1 aromatic heterocycles. The number of carboxylic acids is 1. The molecule has 0 radical (unpaired) electrons. The molecular formula is C25H35N3O6S. The number of esters is 1. The monoisotopic (exact) mass is 505 g/mol. The van der Waals surface area contributed by atoms with Gasteiger partial charge >= 0.3 is 11.9 Å². The summed E-state index contributed by atoms with van der Waals surface area (Å²) in [6.45, 7) is 5.63. The van der Waals surface area contributed by atoms with E-state index in [9.17, 15) is 18.0 Å². The van der Waals surface area contributed by atoms with E-state index in [1.54, 1.807) is 12.1 Å². The fourth-order valence-corrected chi connectivity index (χ4v) is 4.34. The Hall–Kier alpha value is -3.01. The van der Waals surface area contributed by atoms with Crippen molar-refractivity contribution in [2.75, 3.05) is 4.72 Å². The molecule has 2 rings (SSSR count). The van der Waals surface area contributed by atoms with Crippen LogP contribution in [-0.4, -0.2) is 41.0 Å². The summed E-state index contributed by atoms with van der Waals surface area (Å²) in [5.41, 5.74) is 0.508. The number of carbonyl (C=O) groups is 2. The highest BCUT2D eigenvalue weighted by molar-refractivity contribution is 7.92. The van der Waals surface area contributed by atoms with Gasteiger partial charge in [0, 0.05) is 18.8 Å². The molecule has 0 aliphatic rings. The van der Waals surface area contributed by atoms with E-state index >= 15 is 0 Å². The maximum absolute atomic E-state index is 12.5. The number of carbonyl (C=O) groups excluding carboxylic acids is 1. The van der Waals surface area contributed by atoms with E-state index in [-0.39, 0.29) is 22.4 Å². The second-order valence-electron chi connectivity index (χ2n) is 9.41. The van der Waals surface area contributed by atoms with Gasteiger partial charge in [-0.05, 0) is 57.7 Å². The number of carboxylic acid groups (broad SMARTS) is 1. The zero-order valence-electron chi connectivity index (χ0n) is 20.6. The molecule has 0 fully saturated rings. The summed E-state index contributed by atoms with van der Waals surface area (Å²) in [6.07, 6.45) is 10.8. The van der Waals surface area contributed by atoms with Crippen LogP contribution in [0.3, 0.4) is 0 Å². The molecule has 2 aromatic rings. The number of nitrogens with one attached hydrogen (secondary N) is 1. The Morgan fingerprint density at radius 3 is 2.00 bits per heavy atom. The third-order valence-corrected chi connectivity index (χ3v) is 6.47. The third kappa shape index (κ3) is 10.9. The summed E-state index contributed by atoms with van der Waals surface area (Å²) >= 11 is 0. The van der Waals surface area contributed by atoms with Gasteiger partial charge in [0.25, 0.3) is 10.0 Å². The number of sulfonamides is 1. The van der Waals surface area contributed by atoms with Crippen molar-refractivity contribution in [1.29, 1.82) is 0 Å². The summed E-state index contributed by atoms with van der Waals surface area (Å²) in [6, 6.07) is 6.65. The zero-order chi connectivity index (χ0) is 25.9. The number of hydrogen-bond donors (Lipinski definition) is 2. The van der Waals surface area contributed by atoms with Crippen LogP contribution in [0.1, 0.15) is 88.1 Å². The van der Waals surface area contributed by atoms with Gasteiger partial charge in [-0.1, -0.05) is 44.2 Å². The molecule has 0 unspecified atom stereocenters. The lowest BCUT2D eigenvalue weighted by molar-refractivity contribution is -0.154. The first-order valence-corrected chi connectivity index (χ1v) is 13.3. The molecule has 0 aliphatic carbocycles. The van der Waals surface area contributed by atoms with Crippen LogP contribution in [0.25, 0.3) is 0 Å². The van der Waals surface area contributed by atoms with Crippen molar-refractivity contribution in [2.45, 2.75) is 89.1 Å². The number of unbranched alkanes of at least 4 members (excludes halogenated alkanes) is 6. The van der Waals surface area contributed by atoms with Crippen molar-refractivity contribution in [3.8, 4) is 0 Å². The van der Waals surface area contributed by atoms with E-state index in [1.807, 2.05) is 20.8 Å². The predicted molar refractivity (Wildman–Crippen MR) is 133 cm³/mol.